The summed E-state index contributed by atoms with van der Waals surface area (Å²) in [7, 11) is 0. The number of hydrogen-bond donors (Lipinski definition) is 2. The summed E-state index contributed by atoms with van der Waals surface area (Å²) in [4.78, 5) is 22.3. The molecule has 0 bridgehead atoms. The average Bonchev–Trinajstić information content (AvgIpc) is 2.34. The molecule has 0 saturated heterocycles. The van der Waals surface area contributed by atoms with Crippen molar-refractivity contribution in [2.24, 2.45) is 0 Å². The fourth-order valence-electron chi connectivity index (χ4n) is 1.81. The van der Waals surface area contributed by atoms with Crippen molar-refractivity contribution in [1.82, 2.24) is 5.32 Å². The van der Waals surface area contributed by atoms with E-state index in [9.17, 15) is 22.8 Å². The highest BCUT2D eigenvalue weighted by molar-refractivity contribution is 9.10. The zero-order valence-corrected chi connectivity index (χ0v) is 12.7. The molecule has 2 N–H and O–H groups in total. The largest absolute Gasteiger partial charge is 0.480 e. The normalized spacial score (nSPS) is 13.6. The summed E-state index contributed by atoms with van der Waals surface area (Å²) in [6.45, 7) is 2.90. The lowest BCUT2D eigenvalue weighted by Crippen LogP contribution is -2.55. The summed E-state index contributed by atoms with van der Waals surface area (Å²) in [5, 5.41) is 10.7. The lowest BCUT2D eigenvalue weighted by molar-refractivity contribution is -0.176. The highest BCUT2D eigenvalue weighted by Crippen LogP contribution is 2.29. The van der Waals surface area contributed by atoms with E-state index in [4.69, 9.17) is 5.11 Å². The lowest BCUT2D eigenvalue weighted by Gasteiger charge is -2.32. The van der Waals surface area contributed by atoms with Crippen LogP contribution in [0.5, 0.6) is 0 Å². The number of nitrogens with one attached hydrogen (secondary N) is 1. The Hall–Kier alpha value is -1.57. The molecule has 0 heterocycles. The predicted molar refractivity (Wildman–Crippen MR) is 72.8 cm³/mol. The fourth-order valence-corrected chi connectivity index (χ4v) is 2.07. The number of halogens is 4. The molecule has 1 aromatic rings. The number of carbonyl (C=O) groups is 2. The van der Waals surface area contributed by atoms with Crippen molar-refractivity contribution in [2.45, 2.75) is 31.5 Å². The van der Waals surface area contributed by atoms with Gasteiger partial charge >= 0.3 is 18.1 Å². The van der Waals surface area contributed by atoms with E-state index in [1.165, 1.54) is 19.2 Å². The second-order valence-electron chi connectivity index (χ2n) is 4.97. The molecule has 0 aromatic heterocycles. The first-order valence-corrected chi connectivity index (χ1v) is 6.62. The molecule has 0 aliphatic carbocycles. The zero-order chi connectivity index (χ0) is 16.4. The average molecular weight is 368 g/mol. The Morgan fingerprint density at radius 1 is 1.19 bits per heavy atom. The summed E-state index contributed by atoms with van der Waals surface area (Å²) in [6.07, 6.45) is -5.14. The van der Waals surface area contributed by atoms with Crippen molar-refractivity contribution in [3.8, 4) is 0 Å². The molecule has 1 aromatic carbocycles. The highest BCUT2D eigenvalue weighted by atomic mass is 79.9. The molecule has 1 atom stereocenters. The topological polar surface area (TPSA) is 66.4 Å². The number of benzene rings is 1. The minimum atomic E-state index is -5.14. The zero-order valence-electron chi connectivity index (χ0n) is 11.2. The highest BCUT2D eigenvalue weighted by Gasteiger charge is 2.45. The predicted octanol–water partition coefficient (Wildman–Crippen LogP) is 2.86. The number of amides is 1. The van der Waals surface area contributed by atoms with Crippen LogP contribution in [0.15, 0.2) is 28.7 Å². The molecule has 1 rings (SSSR count). The van der Waals surface area contributed by atoms with E-state index in [0.29, 0.717) is 5.56 Å². The molecule has 4 nitrogen and oxygen atoms in total. The van der Waals surface area contributed by atoms with Crippen LogP contribution in [0.2, 0.25) is 0 Å². The monoisotopic (exact) mass is 367 g/mol. The lowest BCUT2D eigenvalue weighted by atomic mass is 9.77. The molecule has 0 fully saturated rings. The first kappa shape index (κ1) is 17.5. The minimum absolute atomic E-state index is 0.487. The summed E-state index contributed by atoms with van der Waals surface area (Å²) < 4.78 is 37.7. The van der Waals surface area contributed by atoms with Crippen LogP contribution in [-0.4, -0.2) is 29.2 Å². The number of carboxylic acid groups (broad SMARTS) is 1. The van der Waals surface area contributed by atoms with E-state index < -0.39 is 29.5 Å². The van der Waals surface area contributed by atoms with Crippen LogP contribution in [0, 0.1) is 0 Å². The van der Waals surface area contributed by atoms with E-state index in [0.717, 1.165) is 4.47 Å². The van der Waals surface area contributed by atoms with Gasteiger partial charge in [0.25, 0.3) is 0 Å². The Kier molecular flexibility index (Phi) is 5.03. The summed E-state index contributed by atoms with van der Waals surface area (Å²) in [5.74, 6) is -3.82. The van der Waals surface area contributed by atoms with Gasteiger partial charge in [-0.15, -0.1) is 0 Å². The number of alkyl halides is 3. The Bertz CT molecular complexity index is 541. The van der Waals surface area contributed by atoms with Crippen molar-refractivity contribution >= 4 is 27.8 Å². The molecule has 0 aliphatic rings. The summed E-state index contributed by atoms with van der Waals surface area (Å²) in [5.41, 5.74) is -0.742. The smallest absolute Gasteiger partial charge is 0.471 e. The van der Waals surface area contributed by atoms with E-state index in [1.54, 1.807) is 24.3 Å². The van der Waals surface area contributed by atoms with Crippen molar-refractivity contribution < 1.29 is 27.9 Å². The van der Waals surface area contributed by atoms with Gasteiger partial charge in [0, 0.05) is 9.89 Å². The number of hydrogen-bond acceptors (Lipinski definition) is 2. The first-order chi connectivity index (χ1) is 9.46. The van der Waals surface area contributed by atoms with Crippen LogP contribution in [-0.2, 0) is 15.0 Å². The van der Waals surface area contributed by atoms with Crippen LogP contribution in [0.3, 0.4) is 0 Å². The maximum absolute atomic E-state index is 12.3. The number of carboxylic acids is 1. The van der Waals surface area contributed by atoms with Crippen LogP contribution in [0.25, 0.3) is 0 Å². The third-order valence-electron chi connectivity index (χ3n) is 3.09. The molecule has 0 spiro atoms. The van der Waals surface area contributed by atoms with Crippen molar-refractivity contribution in [2.75, 3.05) is 0 Å². The van der Waals surface area contributed by atoms with Crippen LogP contribution in [0.4, 0.5) is 13.2 Å². The Morgan fingerprint density at radius 2 is 1.67 bits per heavy atom. The van der Waals surface area contributed by atoms with Gasteiger partial charge in [-0.3, -0.25) is 4.79 Å². The maximum atomic E-state index is 12.3. The van der Waals surface area contributed by atoms with E-state index in [2.05, 4.69) is 15.9 Å². The number of aliphatic carboxylic acids is 1. The van der Waals surface area contributed by atoms with E-state index in [1.807, 2.05) is 0 Å². The van der Waals surface area contributed by atoms with Crippen molar-refractivity contribution in [1.29, 1.82) is 0 Å². The molecule has 0 aliphatic heterocycles. The minimum Gasteiger partial charge on any atom is -0.480 e. The van der Waals surface area contributed by atoms with Crippen LogP contribution >= 0.6 is 15.9 Å². The second kappa shape index (κ2) is 6.05. The molecule has 0 saturated carbocycles. The quantitative estimate of drug-likeness (QED) is 0.859. The van der Waals surface area contributed by atoms with Crippen LogP contribution in [0.1, 0.15) is 19.4 Å². The Labute approximate surface area is 127 Å². The van der Waals surface area contributed by atoms with Gasteiger partial charge in [-0.25, -0.2) is 4.79 Å². The fraction of sp³-hybridized carbons (Fsp3) is 0.385. The Balaban J connectivity index is 3.12. The molecule has 0 radical (unpaired) electrons. The molecule has 21 heavy (non-hydrogen) atoms. The third kappa shape index (κ3) is 4.20. The molecular weight excluding hydrogens is 355 g/mol. The molecule has 116 valence electrons. The Morgan fingerprint density at radius 3 is 2.05 bits per heavy atom. The van der Waals surface area contributed by atoms with Gasteiger partial charge < -0.3 is 10.4 Å². The van der Waals surface area contributed by atoms with E-state index >= 15 is 0 Å². The summed E-state index contributed by atoms with van der Waals surface area (Å²) in [6, 6.07) is 4.73. The van der Waals surface area contributed by atoms with Gasteiger partial charge in [0.15, 0.2) is 0 Å². The van der Waals surface area contributed by atoms with Gasteiger partial charge in [-0.05, 0) is 17.7 Å². The van der Waals surface area contributed by atoms with Gasteiger partial charge in [-0.2, -0.15) is 13.2 Å². The molecule has 1 unspecified atom stereocenters. The summed E-state index contributed by atoms with van der Waals surface area (Å²) >= 11 is 3.21. The van der Waals surface area contributed by atoms with E-state index in [-0.39, 0.29) is 0 Å². The number of rotatable bonds is 4. The van der Waals surface area contributed by atoms with Crippen molar-refractivity contribution in [3.63, 3.8) is 0 Å². The van der Waals surface area contributed by atoms with Gasteiger partial charge in [0.2, 0.25) is 0 Å². The standard InChI is InChI=1S/C13H13BrF3NO3/c1-12(2,7-3-5-8(14)6-4-7)9(10(19)20)18-11(21)13(15,16)17/h3-6,9H,1-2H3,(H,18,21)(H,19,20). The first-order valence-electron chi connectivity index (χ1n) is 5.83. The van der Waals surface area contributed by atoms with Crippen molar-refractivity contribution in [3.05, 3.63) is 34.3 Å². The SMILES string of the molecule is CC(C)(c1ccc(Br)cc1)C(NC(=O)C(F)(F)F)C(=O)O. The van der Waals surface area contributed by atoms with Gasteiger partial charge in [-0.1, -0.05) is 41.9 Å². The van der Waals surface area contributed by atoms with Gasteiger partial charge in [0.05, 0.1) is 0 Å². The molecule has 1 amide bonds. The number of carbonyl (C=O) groups excluding carboxylic acids is 1. The van der Waals surface area contributed by atoms with Crippen LogP contribution < -0.4 is 5.32 Å². The second-order valence-corrected chi connectivity index (χ2v) is 5.89. The van der Waals surface area contributed by atoms with Gasteiger partial charge in [0.1, 0.15) is 6.04 Å². The molecular formula is C13H13BrF3NO3. The maximum Gasteiger partial charge on any atom is 0.471 e. The third-order valence-corrected chi connectivity index (χ3v) is 3.62. The molecule has 8 heteroatoms.